The highest BCUT2D eigenvalue weighted by atomic mass is 16.3. The number of anilines is 1. The zero-order chi connectivity index (χ0) is 13.8. The van der Waals surface area contributed by atoms with Crippen molar-refractivity contribution in [1.82, 2.24) is 5.32 Å². The maximum Gasteiger partial charge on any atom is 0.319 e. The molecule has 0 aliphatic heterocycles. The molecule has 1 aromatic carbocycles. The lowest BCUT2D eigenvalue weighted by Crippen LogP contribution is -2.38. The van der Waals surface area contributed by atoms with E-state index in [4.69, 9.17) is 5.11 Å². The number of benzene rings is 1. The van der Waals surface area contributed by atoms with Gasteiger partial charge in [0.15, 0.2) is 0 Å². The summed E-state index contributed by atoms with van der Waals surface area (Å²) in [6.45, 7) is 8.10. The van der Waals surface area contributed by atoms with Gasteiger partial charge >= 0.3 is 6.03 Å². The van der Waals surface area contributed by atoms with Gasteiger partial charge in [-0.1, -0.05) is 32.9 Å². The summed E-state index contributed by atoms with van der Waals surface area (Å²) in [5, 5.41) is 14.2. The second-order valence-electron chi connectivity index (χ2n) is 5.51. The zero-order valence-corrected chi connectivity index (χ0v) is 11.4. The Labute approximate surface area is 108 Å². The monoisotopic (exact) mass is 250 g/mol. The van der Waals surface area contributed by atoms with Crippen LogP contribution in [0.1, 0.15) is 33.3 Å². The Hall–Kier alpha value is -1.55. The highest BCUT2D eigenvalue weighted by molar-refractivity contribution is 5.89. The van der Waals surface area contributed by atoms with Crippen LogP contribution in [0.15, 0.2) is 24.3 Å². The Balaban J connectivity index is 2.61. The number of aliphatic hydroxyl groups is 1. The average molecular weight is 250 g/mol. The molecule has 0 bridgehead atoms. The van der Waals surface area contributed by atoms with Crippen LogP contribution in [0.2, 0.25) is 0 Å². The third-order valence-corrected chi connectivity index (χ3v) is 2.66. The van der Waals surface area contributed by atoms with Gasteiger partial charge in [0.1, 0.15) is 0 Å². The number of hydrogen-bond acceptors (Lipinski definition) is 2. The molecule has 1 aromatic rings. The second-order valence-corrected chi connectivity index (χ2v) is 5.51. The SMILES string of the molecule is CC(CO)NC(=O)Nc1ccc(C(C)(C)C)cc1. The Morgan fingerprint density at radius 3 is 2.28 bits per heavy atom. The molecule has 4 heteroatoms. The number of rotatable bonds is 3. The predicted molar refractivity (Wildman–Crippen MR) is 73.8 cm³/mol. The summed E-state index contributed by atoms with van der Waals surface area (Å²) in [7, 11) is 0. The van der Waals surface area contributed by atoms with Crippen LogP contribution < -0.4 is 10.6 Å². The summed E-state index contributed by atoms with van der Waals surface area (Å²) in [6, 6.07) is 7.21. The lowest BCUT2D eigenvalue weighted by Gasteiger charge is -2.19. The van der Waals surface area contributed by atoms with Crippen LogP contribution in [0.25, 0.3) is 0 Å². The molecular weight excluding hydrogens is 228 g/mol. The summed E-state index contributed by atoms with van der Waals surface area (Å²) < 4.78 is 0. The third kappa shape index (κ3) is 4.37. The van der Waals surface area contributed by atoms with Crippen LogP contribution in [0.5, 0.6) is 0 Å². The minimum absolute atomic E-state index is 0.0730. The van der Waals surface area contributed by atoms with E-state index in [9.17, 15) is 4.79 Å². The molecule has 0 saturated heterocycles. The highest BCUT2D eigenvalue weighted by Gasteiger charge is 2.13. The third-order valence-electron chi connectivity index (χ3n) is 2.66. The topological polar surface area (TPSA) is 61.4 Å². The van der Waals surface area contributed by atoms with Gasteiger partial charge < -0.3 is 15.7 Å². The van der Waals surface area contributed by atoms with E-state index < -0.39 is 0 Å². The standard InChI is InChI=1S/C14H22N2O2/c1-10(9-17)15-13(18)16-12-7-5-11(6-8-12)14(2,3)4/h5-8,10,17H,9H2,1-4H3,(H2,15,16,18). The van der Waals surface area contributed by atoms with Gasteiger partial charge in [0.2, 0.25) is 0 Å². The van der Waals surface area contributed by atoms with Gasteiger partial charge in [0.05, 0.1) is 12.6 Å². The quantitative estimate of drug-likeness (QED) is 0.771. The van der Waals surface area contributed by atoms with Crippen LogP contribution in [0.4, 0.5) is 10.5 Å². The van der Waals surface area contributed by atoms with E-state index >= 15 is 0 Å². The molecule has 0 saturated carbocycles. The molecule has 2 amide bonds. The van der Waals surface area contributed by atoms with Crippen molar-refractivity contribution in [3.8, 4) is 0 Å². The first-order valence-corrected chi connectivity index (χ1v) is 6.12. The molecule has 1 atom stereocenters. The summed E-state index contributed by atoms with van der Waals surface area (Å²) in [6.07, 6.45) is 0. The number of hydrogen-bond donors (Lipinski definition) is 3. The smallest absolute Gasteiger partial charge is 0.319 e. The Morgan fingerprint density at radius 2 is 1.83 bits per heavy atom. The first-order chi connectivity index (χ1) is 8.32. The van der Waals surface area contributed by atoms with E-state index in [-0.39, 0.29) is 24.1 Å². The minimum atomic E-state index is -0.306. The molecule has 1 rings (SSSR count). The number of nitrogens with one attached hydrogen (secondary N) is 2. The molecule has 100 valence electrons. The van der Waals surface area contributed by atoms with Crippen molar-refractivity contribution in [2.24, 2.45) is 0 Å². The van der Waals surface area contributed by atoms with Crippen molar-refractivity contribution in [2.45, 2.75) is 39.2 Å². The fourth-order valence-electron chi connectivity index (χ4n) is 1.49. The van der Waals surface area contributed by atoms with Crippen LogP contribution in [0, 0.1) is 0 Å². The predicted octanol–water partition coefficient (Wildman–Crippen LogP) is 2.49. The molecule has 18 heavy (non-hydrogen) atoms. The minimum Gasteiger partial charge on any atom is -0.394 e. The lowest BCUT2D eigenvalue weighted by atomic mass is 9.87. The maximum absolute atomic E-state index is 11.5. The van der Waals surface area contributed by atoms with Crippen molar-refractivity contribution in [1.29, 1.82) is 0 Å². The van der Waals surface area contributed by atoms with Gasteiger partial charge in [-0.3, -0.25) is 0 Å². The molecule has 0 aliphatic rings. The average Bonchev–Trinajstić information content (AvgIpc) is 2.28. The molecule has 0 aliphatic carbocycles. The van der Waals surface area contributed by atoms with Gasteiger partial charge in [-0.25, -0.2) is 4.79 Å². The fourth-order valence-corrected chi connectivity index (χ4v) is 1.49. The fraction of sp³-hybridized carbons (Fsp3) is 0.500. The largest absolute Gasteiger partial charge is 0.394 e. The van der Waals surface area contributed by atoms with Crippen molar-refractivity contribution in [3.63, 3.8) is 0 Å². The van der Waals surface area contributed by atoms with Gasteiger partial charge in [-0.2, -0.15) is 0 Å². The van der Waals surface area contributed by atoms with Crippen LogP contribution in [-0.2, 0) is 5.41 Å². The molecule has 0 heterocycles. The number of carbonyl (C=O) groups excluding carboxylic acids is 1. The summed E-state index contributed by atoms with van der Waals surface area (Å²) >= 11 is 0. The van der Waals surface area contributed by atoms with Crippen molar-refractivity contribution >= 4 is 11.7 Å². The number of amides is 2. The van der Waals surface area contributed by atoms with E-state index in [0.29, 0.717) is 0 Å². The van der Waals surface area contributed by atoms with E-state index in [0.717, 1.165) is 5.69 Å². The van der Waals surface area contributed by atoms with Gasteiger partial charge in [0.25, 0.3) is 0 Å². The highest BCUT2D eigenvalue weighted by Crippen LogP contribution is 2.23. The maximum atomic E-state index is 11.5. The molecule has 3 N–H and O–H groups in total. The molecule has 0 spiro atoms. The molecule has 0 radical (unpaired) electrons. The number of aliphatic hydroxyl groups excluding tert-OH is 1. The normalized spacial score (nSPS) is 12.9. The summed E-state index contributed by atoms with van der Waals surface area (Å²) in [5.41, 5.74) is 2.06. The van der Waals surface area contributed by atoms with Gasteiger partial charge in [0, 0.05) is 5.69 Å². The second kappa shape index (κ2) is 5.87. The van der Waals surface area contributed by atoms with Crippen LogP contribution in [-0.4, -0.2) is 23.8 Å². The Kier molecular flexibility index (Phi) is 4.73. The van der Waals surface area contributed by atoms with Crippen molar-refractivity contribution in [3.05, 3.63) is 29.8 Å². The Morgan fingerprint density at radius 1 is 1.28 bits per heavy atom. The molecule has 4 nitrogen and oxygen atoms in total. The first kappa shape index (κ1) is 14.5. The summed E-state index contributed by atoms with van der Waals surface area (Å²) in [4.78, 5) is 11.5. The van der Waals surface area contributed by atoms with E-state index in [1.54, 1.807) is 6.92 Å². The van der Waals surface area contributed by atoms with Crippen LogP contribution in [0.3, 0.4) is 0 Å². The van der Waals surface area contributed by atoms with Gasteiger partial charge in [-0.05, 0) is 30.0 Å². The first-order valence-electron chi connectivity index (χ1n) is 6.12. The lowest BCUT2D eigenvalue weighted by molar-refractivity contribution is 0.229. The van der Waals surface area contributed by atoms with E-state index in [2.05, 4.69) is 31.4 Å². The van der Waals surface area contributed by atoms with Crippen molar-refractivity contribution < 1.29 is 9.90 Å². The van der Waals surface area contributed by atoms with E-state index in [1.807, 2.05) is 24.3 Å². The number of urea groups is 1. The molecule has 1 unspecified atom stereocenters. The zero-order valence-electron chi connectivity index (χ0n) is 11.4. The van der Waals surface area contributed by atoms with Gasteiger partial charge in [-0.15, -0.1) is 0 Å². The van der Waals surface area contributed by atoms with Crippen LogP contribution >= 0.6 is 0 Å². The Bertz CT molecular complexity index is 393. The molecular formula is C14H22N2O2. The molecule has 0 fully saturated rings. The van der Waals surface area contributed by atoms with Crippen molar-refractivity contribution in [2.75, 3.05) is 11.9 Å². The molecule has 0 aromatic heterocycles. The summed E-state index contributed by atoms with van der Waals surface area (Å²) in [5.74, 6) is 0. The number of carbonyl (C=O) groups is 1. The van der Waals surface area contributed by atoms with E-state index in [1.165, 1.54) is 5.56 Å².